The highest BCUT2D eigenvalue weighted by Gasteiger charge is 2.17. The smallest absolute Gasteiger partial charge is 0.334 e. The molecule has 7 heteroatoms. The lowest BCUT2D eigenvalue weighted by atomic mass is 10.2. The normalized spacial score (nSPS) is 12.1. The van der Waals surface area contributed by atoms with Gasteiger partial charge in [-0.15, -0.1) is 0 Å². The quantitative estimate of drug-likeness (QED) is 0.602. The number of nitrogens with one attached hydrogen (secondary N) is 1. The number of hydrogen-bond acceptors (Lipinski definition) is 5. The van der Waals surface area contributed by atoms with Crippen molar-refractivity contribution in [2.75, 3.05) is 6.54 Å². The lowest BCUT2D eigenvalue weighted by Gasteiger charge is -2.06. The molecule has 0 unspecified atom stereocenters. The van der Waals surface area contributed by atoms with Crippen LogP contribution in [0.2, 0.25) is 0 Å². The molecular formula is C8H10N2O5. The first-order valence-electron chi connectivity index (χ1n) is 4.12. The Hall–Kier alpha value is -1.89. The van der Waals surface area contributed by atoms with E-state index in [1.54, 1.807) is 6.92 Å². The van der Waals surface area contributed by atoms with Gasteiger partial charge in [0.15, 0.2) is 6.10 Å². The number of aliphatic hydroxyl groups excluding tert-OH is 1. The van der Waals surface area contributed by atoms with E-state index >= 15 is 0 Å². The van der Waals surface area contributed by atoms with Gasteiger partial charge in [0.25, 0.3) is 5.91 Å². The Morgan fingerprint density at radius 3 is 2.80 bits per heavy atom. The number of nitrogens with zero attached hydrogens (tertiary/aromatic N) is 1. The largest absolute Gasteiger partial charge is 0.479 e. The summed E-state index contributed by atoms with van der Waals surface area (Å²) in [6.07, 6.45) is -0.397. The number of carbonyl (C=O) groups is 2. The monoisotopic (exact) mass is 214 g/mol. The van der Waals surface area contributed by atoms with Gasteiger partial charge in [0.05, 0.1) is 12.7 Å². The molecular weight excluding hydrogens is 204 g/mol. The van der Waals surface area contributed by atoms with Crippen molar-refractivity contribution in [1.82, 2.24) is 10.5 Å². The molecule has 0 bridgehead atoms. The van der Waals surface area contributed by atoms with Gasteiger partial charge in [0.1, 0.15) is 11.3 Å². The van der Waals surface area contributed by atoms with Crippen molar-refractivity contribution in [3.05, 3.63) is 17.5 Å². The van der Waals surface area contributed by atoms with Crippen LogP contribution in [0.25, 0.3) is 0 Å². The Labute approximate surface area is 84.7 Å². The van der Waals surface area contributed by atoms with Crippen LogP contribution in [0.4, 0.5) is 0 Å². The van der Waals surface area contributed by atoms with Crippen molar-refractivity contribution in [2.24, 2.45) is 0 Å². The van der Waals surface area contributed by atoms with Crippen LogP contribution in [-0.4, -0.2) is 39.9 Å². The first kappa shape index (κ1) is 11.2. The predicted molar refractivity (Wildman–Crippen MR) is 47.2 cm³/mol. The number of aliphatic carboxylic acids is 1. The number of amides is 1. The number of carbonyl (C=O) groups excluding carboxylic acids is 1. The second kappa shape index (κ2) is 4.56. The molecule has 1 aromatic heterocycles. The van der Waals surface area contributed by atoms with Gasteiger partial charge in [-0.25, -0.2) is 4.79 Å². The number of aryl methyl sites for hydroxylation is 1. The number of aliphatic hydroxyl groups is 1. The molecule has 1 atom stereocenters. The van der Waals surface area contributed by atoms with Crippen LogP contribution in [0, 0.1) is 6.92 Å². The fraction of sp³-hybridized carbons (Fsp3) is 0.375. The summed E-state index contributed by atoms with van der Waals surface area (Å²) < 4.78 is 4.65. The van der Waals surface area contributed by atoms with Crippen LogP contribution >= 0.6 is 0 Å². The number of hydrogen-bond donors (Lipinski definition) is 3. The van der Waals surface area contributed by atoms with Crippen LogP contribution in [-0.2, 0) is 4.79 Å². The summed E-state index contributed by atoms with van der Waals surface area (Å²) in [5.41, 5.74) is 0.215. The van der Waals surface area contributed by atoms with Crippen LogP contribution in [0.3, 0.4) is 0 Å². The molecule has 0 saturated heterocycles. The Morgan fingerprint density at radius 1 is 1.67 bits per heavy atom. The summed E-state index contributed by atoms with van der Waals surface area (Å²) in [6, 6.07) is 0. The Morgan fingerprint density at radius 2 is 2.33 bits per heavy atom. The van der Waals surface area contributed by atoms with E-state index in [0.717, 1.165) is 0 Å². The number of rotatable bonds is 4. The highest BCUT2D eigenvalue weighted by molar-refractivity contribution is 5.94. The van der Waals surface area contributed by atoms with E-state index in [1.165, 1.54) is 6.20 Å². The third-order valence-corrected chi connectivity index (χ3v) is 1.74. The van der Waals surface area contributed by atoms with Gasteiger partial charge in [-0.2, -0.15) is 0 Å². The maximum absolute atomic E-state index is 11.3. The maximum Gasteiger partial charge on any atom is 0.334 e. The second-order valence-corrected chi connectivity index (χ2v) is 2.86. The third kappa shape index (κ3) is 2.78. The second-order valence-electron chi connectivity index (χ2n) is 2.86. The van der Waals surface area contributed by atoms with Crippen molar-refractivity contribution >= 4 is 11.9 Å². The molecule has 0 aliphatic heterocycles. The maximum atomic E-state index is 11.3. The standard InChI is InChI=1S/C8H10N2O5/c1-4-5(2-10-15-4)7(12)9-3-6(11)8(13)14/h2,6,11H,3H2,1H3,(H,9,12)(H,13,14)/t6-/m0/s1. The molecule has 15 heavy (non-hydrogen) atoms. The van der Waals surface area contributed by atoms with Crippen LogP contribution in [0.1, 0.15) is 16.1 Å². The first-order chi connectivity index (χ1) is 7.02. The van der Waals surface area contributed by atoms with E-state index in [-0.39, 0.29) is 12.1 Å². The Kier molecular flexibility index (Phi) is 3.40. The van der Waals surface area contributed by atoms with Crippen molar-refractivity contribution in [3.63, 3.8) is 0 Å². The molecule has 0 aliphatic carbocycles. The molecule has 1 heterocycles. The van der Waals surface area contributed by atoms with Gasteiger partial charge in [-0.05, 0) is 6.92 Å². The first-order valence-corrected chi connectivity index (χ1v) is 4.12. The van der Waals surface area contributed by atoms with Crippen molar-refractivity contribution in [2.45, 2.75) is 13.0 Å². The van der Waals surface area contributed by atoms with E-state index < -0.39 is 18.0 Å². The number of carboxylic acids is 1. The van der Waals surface area contributed by atoms with Crippen LogP contribution < -0.4 is 5.32 Å². The summed E-state index contributed by atoms with van der Waals surface area (Å²) in [4.78, 5) is 21.6. The van der Waals surface area contributed by atoms with E-state index in [2.05, 4.69) is 15.0 Å². The predicted octanol–water partition coefficient (Wildman–Crippen LogP) is -0.842. The van der Waals surface area contributed by atoms with Crippen molar-refractivity contribution in [3.8, 4) is 0 Å². The SMILES string of the molecule is Cc1oncc1C(=O)NC[C@H](O)C(=O)O. The minimum absolute atomic E-state index is 0.215. The summed E-state index contributed by atoms with van der Waals surface area (Å²) in [7, 11) is 0. The zero-order valence-electron chi connectivity index (χ0n) is 7.93. The lowest BCUT2D eigenvalue weighted by Crippen LogP contribution is -2.36. The van der Waals surface area contributed by atoms with E-state index in [1.807, 2.05) is 0 Å². The zero-order chi connectivity index (χ0) is 11.4. The minimum atomic E-state index is -1.62. The number of carboxylic acid groups (broad SMARTS) is 1. The molecule has 0 aliphatic rings. The van der Waals surface area contributed by atoms with Gasteiger partial charge in [-0.1, -0.05) is 5.16 Å². The fourth-order valence-electron chi connectivity index (χ4n) is 0.889. The molecule has 1 aromatic rings. The molecule has 0 spiro atoms. The zero-order valence-corrected chi connectivity index (χ0v) is 7.93. The summed E-state index contributed by atoms with van der Waals surface area (Å²) in [5.74, 6) is -1.59. The summed E-state index contributed by atoms with van der Waals surface area (Å²) in [5, 5.41) is 22.9. The lowest BCUT2D eigenvalue weighted by molar-refractivity contribution is -0.146. The fourth-order valence-corrected chi connectivity index (χ4v) is 0.889. The van der Waals surface area contributed by atoms with Crippen molar-refractivity contribution < 1.29 is 24.3 Å². The summed E-state index contributed by atoms with van der Waals surface area (Å²) >= 11 is 0. The average Bonchev–Trinajstić information content (AvgIpc) is 2.60. The molecule has 0 fully saturated rings. The molecule has 0 aromatic carbocycles. The average molecular weight is 214 g/mol. The molecule has 7 nitrogen and oxygen atoms in total. The molecule has 1 rings (SSSR count). The minimum Gasteiger partial charge on any atom is -0.479 e. The molecule has 1 amide bonds. The van der Waals surface area contributed by atoms with E-state index in [0.29, 0.717) is 5.76 Å². The topological polar surface area (TPSA) is 113 Å². The van der Waals surface area contributed by atoms with Crippen molar-refractivity contribution in [1.29, 1.82) is 0 Å². The Balaban J connectivity index is 2.51. The van der Waals surface area contributed by atoms with E-state index in [9.17, 15) is 9.59 Å². The molecule has 3 N–H and O–H groups in total. The van der Waals surface area contributed by atoms with E-state index in [4.69, 9.17) is 10.2 Å². The highest BCUT2D eigenvalue weighted by atomic mass is 16.5. The van der Waals surface area contributed by atoms with Gasteiger partial charge in [-0.3, -0.25) is 4.79 Å². The highest BCUT2D eigenvalue weighted by Crippen LogP contribution is 2.04. The van der Waals surface area contributed by atoms with Crippen LogP contribution in [0.15, 0.2) is 10.7 Å². The molecule has 0 radical (unpaired) electrons. The summed E-state index contributed by atoms with van der Waals surface area (Å²) in [6.45, 7) is 1.19. The van der Waals surface area contributed by atoms with Gasteiger partial charge in [0, 0.05) is 0 Å². The van der Waals surface area contributed by atoms with Gasteiger partial charge < -0.3 is 20.1 Å². The van der Waals surface area contributed by atoms with Crippen LogP contribution in [0.5, 0.6) is 0 Å². The Bertz CT molecular complexity index is 373. The molecule has 0 saturated carbocycles. The molecule has 82 valence electrons. The number of aromatic nitrogens is 1. The van der Waals surface area contributed by atoms with Gasteiger partial charge in [0.2, 0.25) is 0 Å². The third-order valence-electron chi connectivity index (χ3n) is 1.74. The van der Waals surface area contributed by atoms with Gasteiger partial charge >= 0.3 is 5.97 Å².